The Morgan fingerprint density at radius 1 is 1.20 bits per heavy atom. The van der Waals surface area contributed by atoms with E-state index in [4.69, 9.17) is 9.72 Å². The number of aryl methyl sites for hydroxylation is 1. The highest BCUT2D eigenvalue weighted by Crippen LogP contribution is 2.28. The Kier molecular flexibility index (Phi) is 4.52. The SMILES string of the molecule is CC(C)c1nc2n(n1)CCC[C@H]2Nc1cc(N2CCOCC2)ncn1. The number of nitrogens with zero attached hydrogens (tertiary/aromatic N) is 6. The lowest BCUT2D eigenvalue weighted by Crippen LogP contribution is -2.36. The molecule has 1 saturated heterocycles. The maximum atomic E-state index is 5.41. The summed E-state index contributed by atoms with van der Waals surface area (Å²) >= 11 is 0. The molecule has 2 aliphatic rings. The summed E-state index contributed by atoms with van der Waals surface area (Å²) in [6.45, 7) is 8.42. The van der Waals surface area contributed by atoms with Gasteiger partial charge in [-0.3, -0.25) is 0 Å². The minimum absolute atomic E-state index is 0.140. The first-order valence-electron chi connectivity index (χ1n) is 9.06. The normalized spacial score (nSPS) is 20.6. The summed E-state index contributed by atoms with van der Waals surface area (Å²) in [5.74, 6) is 4.05. The Hall–Kier alpha value is -2.22. The molecule has 8 nitrogen and oxygen atoms in total. The van der Waals surface area contributed by atoms with Crippen LogP contribution in [0.2, 0.25) is 0 Å². The van der Waals surface area contributed by atoms with Crippen LogP contribution in [0.3, 0.4) is 0 Å². The Morgan fingerprint density at radius 3 is 2.84 bits per heavy atom. The molecule has 1 N–H and O–H groups in total. The van der Waals surface area contributed by atoms with Gasteiger partial charge in [0, 0.05) is 31.6 Å². The van der Waals surface area contributed by atoms with Crippen LogP contribution in [0.25, 0.3) is 0 Å². The molecule has 4 rings (SSSR count). The first kappa shape index (κ1) is 16.3. The minimum Gasteiger partial charge on any atom is -0.378 e. The Morgan fingerprint density at radius 2 is 2.04 bits per heavy atom. The van der Waals surface area contributed by atoms with Crippen LogP contribution in [0.15, 0.2) is 12.4 Å². The van der Waals surface area contributed by atoms with Crippen LogP contribution in [0.4, 0.5) is 11.6 Å². The van der Waals surface area contributed by atoms with Crippen LogP contribution in [-0.2, 0) is 11.3 Å². The number of fused-ring (bicyclic) bond motifs is 1. The van der Waals surface area contributed by atoms with Crippen molar-refractivity contribution in [3.63, 3.8) is 0 Å². The summed E-state index contributed by atoms with van der Waals surface area (Å²) in [5, 5.41) is 8.18. The first-order chi connectivity index (χ1) is 12.2. The van der Waals surface area contributed by atoms with Crippen LogP contribution in [-0.4, -0.2) is 51.0 Å². The fourth-order valence-electron chi connectivity index (χ4n) is 3.32. The second-order valence-corrected chi connectivity index (χ2v) is 6.91. The molecule has 4 heterocycles. The molecule has 0 saturated carbocycles. The van der Waals surface area contributed by atoms with E-state index in [2.05, 4.69) is 39.1 Å². The lowest BCUT2D eigenvalue weighted by Gasteiger charge is -2.28. The number of hydrogen-bond acceptors (Lipinski definition) is 7. The molecule has 1 atom stereocenters. The molecule has 0 aromatic carbocycles. The van der Waals surface area contributed by atoms with Gasteiger partial charge in [0.05, 0.1) is 19.3 Å². The number of anilines is 2. The second-order valence-electron chi connectivity index (χ2n) is 6.91. The number of morpholine rings is 1. The van der Waals surface area contributed by atoms with Crippen LogP contribution in [0, 0.1) is 0 Å². The van der Waals surface area contributed by atoms with Gasteiger partial charge in [0.1, 0.15) is 23.8 Å². The largest absolute Gasteiger partial charge is 0.378 e. The fourth-order valence-corrected chi connectivity index (χ4v) is 3.32. The number of ether oxygens (including phenoxy) is 1. The summed E-state index contributed by atoms with van der Waals surface area (Å²) < 4.78 is 7.46. The summed E-state index contributed by atoms with van der Waals surface area (Å²) in [7, 11) is 0. The molecule has 25 heavy (non-hydrogen) atoms. The van der Waals surface area contributed by atoms with Crippen LogP contribution >= 0.6 is 0 Å². The number of rotatable bonds is 4. The van der Waals surface area contributed by atoms with Gasteiger partial charge in [-0.05, 0) is 12.8 Å². The van der Waals surface area contributed by atoms with E-state index in [1.807, 2.05) is 10.7 Å². The fraction of sp³-hybridized carbons (Fsp3) is 0.647. The maximum absolute atomic E-state index is 5.41. The quantitative estimate of drug-likeness (QED) is 0.909. The van der Waals surface area contributed by atoms with Gasteiger partial charge in [-0.2, -0.15) is 5.10 Å². The van der Waals surface area contributed by atoms with E-state index in [9.17, 15) is 0 Å². The van der Waals surface area contributed by atoms with Crippen molar-refractivity contribution in [1.82, 2.24) is 24.7 Å². The maximum Gasteiger partial charge on any atom is 0.153 e. The molecule has 134 valence electrons. The van der Waals surface area contributed by atoms with Crippen LogP contribution < -0.4 is 10.2 Å². The van der Waals surface area contributed by atoms with Crippen molar-refractivity contribution in [2.75, 3.05) is 36.5 Å². The Balaban J connectivity index is 1.53. The smallest absolute Gasteiger partial charge is 0.153 e. The highest BCUT2D eigenvalue weighted by Gasteiger charge is 2.25. The van der Waals surface area contributed by atoms with E-state index in [-0.39, 0.29) is 6.04 Å². The molecular formula is C17H25N7O. The van der Waals surface area contributed by atoms with Gasteiger partial charge in [-0.25, -0.2) is 19.6 Å². The molecule has 8 heteroatoms. The second kappa shape index (κ2) is 6.95. The van der Waals surface area contributed by atoms with E-state index >= 15 is 0 Å². The summed E-state index contributed by atoms with van der Waals surface area (Å²) in [6, 6.07) is 2.16. The number of hydrogen-bond donors (Lipinski definition) is 1. The third-order valence-corrected chi connectivity index (χ3v) is 4.72. The number of nitrogens with one attached hydrogen (secondary N) is 1. The molecule has 0 amide bonds. The van der Waals surface area contributed by atoms with E-state index in [1.165, 1.54) is 0 Å². The van der Waals surface area contributed by atoms with Crippen molar-refractivity contribution in [1.29, 1.82) is 0 Å². The average Bonchev–Trinajstić information content (AvgIpc) is 3.09. The standard InChI is InChI=1S/C17H25N7O/c1-12(2)16-21-17-13(4-3-5-24(17)22-16)20-14-10-15(19-11-18-14)23-6-8-25-9-7-23/h10-13H,3-9H2,1-2H3,(H,18,19,20)/t13-/m1/s1. The molecule has 2 aromatic heterocycles. The van der Waals surface area contributed by atoms with Crippen molar-refractivity contribution in [3.05, 3.63) is 24.0 Å². The zero-order valence-electron chi connectivity index (χ0n) is 14.9. The van der Waals surface area contributed by atoms with Crippen molar-refractivity contribution in [2.24, 2.45) is 0 Å². The van der Waals surface area contributed by atoms with E-state index < -0.39 is 0 Å². The molecule has 0 unspecified atom stereocenters. The van der Waals surface area contributed by atoms with Crippen LogP contribution in [0.5, 0.6) is 0 Å². The third kappa shape index (κ3) is 3.44. The zero-order chi connectivity index (χ0) is 17.2. The van der Waals surface area contributed by atoms with E-state index in [0.717, 1.165) is 69.0 Å². The molecule has 1 fully saturated rings. The predicted octanol–water partition coefficient (Wildman–Crippen LogP) is 1.98. The highest BCUT2D eigenvalue weighted by atomic mass is 16.5. The van der Waals surface area contributed by atoms with Crippen molar-refractivity contribution < 1.29 is 4.74 Å². The van der Waals surface area contributed by atoms with Gasteiger partial charge >= 0.3 is 0 Å². The van der Waals surface area contributed by atoms with Crippen molar-refractivity contribution in [2.45, 2.75) is 45.2 Å². The Bertz CT molecular complexity index is 724. The number of aromatic nitrogens is 5. The highest BCUT2D eigenvalue weighted by molar-refractivity contribution is 5.49. The average molecular weight is 343 g/mol. The molecule has 0 bridgehead atoms. The van der Waals surface area contributed by atoms with Gasteiger partial charge in [0.2, 0.25) is 0 Å². The first-order valence-corrected chi connectivity index (χ1v) is 9.06. The predicted molar refractivity (Wildman–Crippen MR) is 94.8 cm³/mol. The molecule has 0 radical (unpaired) electrons. The Labute approximate surface area is 147 Å². The lowest BCUT2D eigenvalue weighted by atomic mass is 10.1. The molecule has 2 aromatic rings. The topological polar surface area (TPSA) is 81.0 Å². The van der Waals surface area contributed by atoms with E-state index in [1.54, 1.807) is 6.33 Å². The van der Waals surface area contributed by atoms with Gasteiger partial charge in [-0.15, -0.1) is 0 Å². The van der Waals surface area contributed by atoms with Gasteiger partial charge in [0.15, 0.2) is 5.82 Å². The van der Waals surface area contributed by atoms with Gasteiger partial charge < -0.3 is 15.0 Å². The van der Waals surface area contributed by atoms with Crippen LogP contribution in [0.1, 0.15) is 50.3 Å². The van der Waals surface area contributed by atoms with E-state index in [0.29, 0.717) is 5.92 Å². The molecule has 0 spiro atoms. The monoisotopic (exact) mass is 343 g/mol. The summed E-state index contributed by atoms with van der Waals surface area (Å²) in [4.78, 5) is 15.8. The summed E-state index contributed by atoms with van der Waals surface area (Å²) in [5.41, 5.74) is 0. The van der Waals surface area contributed by atoms with Gasteiger partial charge in [0.25, 0.3) is 0 Å². The summed E-state index contributed by atoms with van der Waals surface area (Å²) in [6.07, 6.45) is 3.75. The van der Waals surface area contributed by atoms with Crippen molar-refractivity contribution in [3.8, 4) is 0 Å². The molecule has 2 aliphatic heterocycles. The molecule has 0 aliphatic carbocycles. The lowest BCUT2D eigenvalue weighted by molar-refractivity contribution is 0.122. The van der Waals surface area contributed by atoms with Gasteiger partial charge in [-0.1, -0.05) is 13.8 Å². The van der Waals surface area contributed by atoms with Crippen molar-refractivity contribution >= 4 is 11.6 Å². The minimum atomic E-state index is 0.140. The third-order valence-electron chi connectivity index (χ3n) is 4.72. The molecular weight excluding hydrogens is 318 g/mol. The zero-order valence-corrected chi connectivity index (χ0v) is 14.9.